The van der Waals surface area contributed by atoms with E-state index in [1.54, 1.807) is 0 Å². The number of rotatable bonds is 7. The maximum atomic E-state index is 7.38. The van der Waals surface area contributed by atoms with Gasteiger partial charge in [0, 0.05) is 6.92 Å². The number of hydrogen-bond acceptors (Lipinski definition) is 1. The van der Waals surface area contributed by atoms with Crippen molar-refractivity contribution in [1.82, 2.24) is 0 Å². The van der Waals surface area contributed by atoms with Crippen molar-refractivity contribution in [1.29, 1.82) is 0 Å². The smallest absolute Gasteiger partial charge is 0.328 e. The standard InChI is InChI=1S/C13H23NOSi/c1-8-10-12(11-9-2)13(3,14-4)15-16(5,6)7/h8-9,12H,1-2,10-11H2,3,5-7H3. The van der Waals surface area contributed by atoms with Crippen LogP contribution in [0, 0.1) is 12.5 Å². The SMILES string of the molecule is [C-]#[N+]C(C)(O[Si](C)(C)C)C(CC=C)CC=C. The van der Waals surface area contributed by atoms with Gasteiger partial charge in [-0.05, 0) is 32.5 Å². The summed E-state index contributed by atoms with van der Waals surface area (Å²) in [5, 5.41) is 0. The van der Waals surface area contributed by atoms with E-state index in [1.165, 1.54) is 0 Å². The molecule has 0 aliphatic heterocycles. The molecule has 0 aromatic rings. The third-order valence-corrected chi connectivity index (χ3v) is 3.42. The van der Waals surface area contributed by atoms with E-state index in [4.69, 9.17) is 11.0 Å². The molecule has 1 atom stereocenters. The summed E-state index contributed by atoms with van der Waals surface area (Å²) >= 11 is 0. The van der Waals surface area contributed by atoms with Gasteiger partial charge in [0.05, 0.1) is 5.92 Å². The normalized spacial score (nSPS) is 15.2. The minimum atomic E-state index is -1.72. The first-order chi connectivity index (χ1) is 7.29. The first-order valence-corrected chi connectivity index (χ1v) is 9.00. The molecule has 90 valence electrons. The van der Waals surface area contributed by atoms with Crippen LogP contribution in [0.25, 0.3) is 4.85 Å². The summed E-state index contributed by atoms with van der Waals surface area (Å²) < 4.78 is 6.03. The molecule has 0 aromatic carbocycles. The van der Waals surface area contributed by atoms with Gasteiger partial charge in [-0.25, -0.2) is 6.57 Å². The molecular weight excluding hydrogens is 214 g/mol. The van der Waals surface area contributed by atoms with Crippen molar-refractivity contribution in [2.45, 2.75) is 45.1 Å². The Bertz CT molecular complexity index is 277. The highest BCUT2D eigenvalue weighted by Crippen LogP contribution is 2.32. The highest BCUT2D eigenvalue weighted by molar-refractivity contribution is 6.69. The van der Waals surface area contributed by atoms with E-state index in [1.807, 2.05) is 19.1 Å². The summed E-state index contributed by atoms with van der Waals surface area (Å²) in [5.41, 5.74) is -0.743. The molecule has 0 radical (unpaired) electrons. The molecule has 0 heterocycles. The van der Waals surface area contributed by atoms with Crippen LogP contribution in [0.15, 0.2) is 25.3 Å². The van der Waals surface area contributed by atoms with Crippen LogP contribution in [0.3, 0.4) is 0 Å². The minimum absolute atomic E-state index is 0.145. The Kier molecular flexibility index (Phi) is 5.70. The van der Waals surface area contributed by atoms with Crippen molar-refractivity contribution >= 4 is 8.32 Å². The van der Waals surface area contributed by atoms with Crippen LogP contribution in [0.5, 0.6) is 0 Å². The molecule has 16 heavy (non-hydrogen) atoms. The lowest BCUT2D eigenvalue weighted by molar-refractivity contribution is 0.0646. The highest BCUT2D eigenvalue weighted by Gasteiger charge is 2.43. The molecule has 0 saturated carbocycles. The molecule has 2 nitrogen and oxygen atoms in total. The number of hydrogen-bond donors (Lipinski definition) is 0. The first-order valence-electron chi connectivity index (χ1n) is 5.59. The molecular formula is C13H23NOSi. The van der Waals surface area contributed by atoms with Crippen molar-refractivity contribution in [3.8, 4) is 0 Å². The quantitative estimate of drug-likeness (QED) is 0.367. The molecule has 0 aliphatic rings. The Balaban J connectivity index is 4.94. The summed E-state index contributed by atoms with van der Waals surface area (Å²) in [6.45, 7) is 23.1. The lowest BCUT2D eigenvalue weighted by Gasteiger charge is -2.31. The molecule has 0 N–H and O–H groups in total. The third-order valence-electron chi connectivity index (χ3n) is 2.39. The van der Waals surface area contributed by atoms with Crippen LogP contribution < -0.4 is 0 Å². The van der Waals surface area contributed by atoms with E-state index < -0.39 is 14.0 Å². The van der Waals surface area contributed by atoms with E-state index in [0.717, 1.165) is 12.8 Å². The lowest BCUT2D eigenvalue weighted by Crippen LogP contribution is -2.43. The van der Waals surface area contributed by atoms with Crippen LogP contribution in [-0.4, -0.2) is 14.0 Å². The van der Waals surface area contributed by atoms with Crippen LogP contribution in [0.1, 0.15) is 19.8 Å². The van der Waals surface area contributed by atoms with Gasteiger partial charge in [0.1, 0.15) is 0 Å². The van der Waals surface area contributed by atoms with Gasteiger partial charge in [0.2, 0.25) is 0 Å². The van der Waals surface area contributed by atoms with E-state index in [9.17, 15) is 0 Å². The van der Waals surface area contributed by atoms with Crippen LogP contribution in [-0.2, 0) is 4.43 Å². The van der Waals surface area contributed by atoms with Crippen LogP contribution >= 0.6 is 0 Å². The second-order valence-corrected chi connectivity index (χ2v) is 9.56. The van der Waals surface area contributed by atoms with Gasteiger partial charge in [-0.15, -0.1) is 13.2 Å². The Hall–Kier alpha value is -0.853. The Morgan fingerprint density at radius 1 is 1.31 bits per heavy atom. The molecule has 0 saturated heterocycles. The fourth-order valence-corrected chi connectivity index (χ4v) is 3.21. The van der Waals surface area contributed by atoms with Gasteiger partial charge in [0.25, 0.3) is 0 Å². The maximum Gasteiger partial charge on any atom is 0.328 e. The van der Waals surface area contributed by atoms with Gasteiger partial charge in [-0.3, -0.25) is 4.85 Å². The van der Waals surface area contributed by atoms with E-state index in [-0.39, 0.29) is 5.92 Å². The second kappa shape index (κ2) is 6.02. The number of nitrogens with zero attached hydrogens (tertiary/aromatic N) is 1. The Morgan fingerprint density at radius 2 is 1.75 bits per heavy atom. The van der Waals surface area contributed by atoms with Gasteiger partial charge in [-0.1, -0.05) is 12.2 Å². The molecule has 1 unspecified atom stereocenters. The summed E-state index contributed by atoms with van der Waals surface area (Å²) in [5.74, 6) is 0.145. The molecule has 0 rings (SSSR count). The summed E-state index contributed by atoms with van der Waals surface area (Å²) in [6.07, 6.45) is 5.28. The second-order valence-electron chi connectivity index (χ2n) is 5.13. The summed E-state index contributed by atoms with van der Waals surface area (Å²) in [7, 11) is -1.72. The van der Waals surface area contributed by atoms with Gasteiger partial charge < -0.3 is 4.43 Å². The maximum absolute atomic E-state index is 7.38. The van der Waals surface area contributed by atoms with Gasteiger partial charge in [0.15, 0.2) is 8.32 Å². The average molecular weight is 237 g/mol. The van der Waals surface area contributed by atoms with Crippen molar-refractivity contribution in [2.75, 3.05) is 0 Å². The Labute approximate surface area is 101 Å². The largest absolute Gasteiger partial charge is 0.351 e. The predicted molar refractivity (Wildman–Crippen MR) is 72.6 cm³/mol. The van der Waals surface area contributed by atoms with Crippen molar-refractivity contribution in [3.05, 3.63) is 36.7 Å². The fourth-order valence-electron chi connectivity index (χ4n) is 1.75. The number of allylic oxidation sites excluding steroid dienone is 2. The highest BCUT2D eigenvalue weighted by atomic mass is 28.4. The molecule has 0 aliphatic carbocycles. The van der Waals surface area contributed by atoms with Crippen molar-refractivity contribution in [3.63, 3.8) is 0 Å². The zero-order chi connectivity index (χ0) is 12.8. The topological polar surface area (TPSA) is 13.6 Å². The van der Waals surface area contributed by atoms with Crippen LogP contribution in [0.4, 0.5) is 0 Å². The molecule has 0 fully saturated rings. The molecule has 3 heteroatoms. The monoisotopic (exact) mass is 237 g/mol. The molecule has 0 aromatic heterocycles. The zero-order valence-corrected chi connectivity index (χ0v) is 11.9. The lowest BCUT2D eigenvalue weighted by atomic mass is 9.91. The Morgan fingerprint density at radius 3 is 2.00 bits per heavy atom. The molecule has 0 spiro atoms. The average Bonchev–Trinajstić information content (AvgIpc) is 2.15. The van der Waals surface area contributed by atoms with Crippen molar-refractivity contribution < 1.29 is 4.43 Å². The predicted octanol–water partition coefficient (Wildman–Crippen LogP) is 4.24. The summed E-state index contributed by atoms with van der Waals surface area (Å²) in [4.78, 5) is 3.71. The molecule has 0 amide bonds. The van der Waals surface area contributed by atoms with Crippen molar-refractivity contribution in [2.24, 2.45) is 5.92 Å². The van der Waals surface area contributed by atoms with Gasteiger partial charge in [-0.2, -0.15) is 0 Å². The first kappa shape index (κ1) is 15.1. The van der Waals surface area contributed by atoms with E-state index in [2.05, 4.69) is 37.6 Å². The molecule has 0 bridgehead atoms. The van der Waals surface area contributed by atoms with Crippen LogP contribution in [0.2, 0.25) is 19.6 Å². The van der Waals surface area contributed by atoms with E-state index in [0.29, 0.717) is 0 Å². The minimum Gasteiger partial charge on any atom is -0.351 e. The summed E-state index contributed by atoms with van der Waals surface area (Å²) in [6, 6.07) is 0. The van der Waals surface area contributed by atoms with Gasteiger partial charge >= 0.3 is 5.72 Å². The third kappa shape index (κ3) is 4.78. The zero-order valence-electron chi connectivity index (χ0n) is 10.9. The van der Waals surface area contributed by atoms with E-state index >= 15 is 0 Å². The fraction of sp³-hybridized carbons (Fsp3) is 0.615.